The molecule has 1 saturated heterocycles. The molecule has 4 nitrogen and oxygen atoms in total. The number of hydrogen-bond acceptors (Lipinski definition) is 3. The van der Waals surface area contributed by atoms with Crippen molar-refractivity contribution in [1.29, 1.82) is 0 Å². The third-order valence-electron chi connectivity index (χ3n) is 3.93. The van der Waals surface area contributed by atoms with E-state index < -0.39 is 0 Å². The molecule has 1 amide bonds. The first-order valence-electron chi connectivity index (χ1n) is 7.40. The van der Waals surface area contributed by atoms with Crippen LogP contribution in [0.15, 0.2) is 18.2 Å². The summed E-state index contributed by atoms with van der Waals surface area (Å²) in [5, 5.41) is 0. The van der Waals surface area contributed by atoms with Gasteiger partial charge in [0, 0.05) is 44.8 Å². The zero-order chi connectivity index (χ0) is 15.4. The van der Waals surface area contributed by atoms with E-state index in [1.165, 1.54) is 6.07 Å². The summed E-state index contributed by atoms with van der Waals surface area (Å²) in [6.45, 7) is 7.03. The van der Waals surface area contributed by atoms with Gasteiger partial charge in [0.2, 0.25) is 0 Å². The van der Waals surface area contributed by atoms with Gasteiger partial charge in [-0.25, -0.2) is 4.39 Å². The zero-order valence-corrected chi connectivity index (χ0v) is 13.1. The number of likely N-dealkylation sites (N-methyl/N-ethyl adjacent to an activating group) is 1. The van der Waals surface area contributed by atoms with E-state index in [0.29, 0.717) is 11.1 Å². The molecule has 2 rings (SSSR count). The maximum absolute atomic E-state index is 13.3. The predicted octanol–water partition coefficient (Wildman–Crippen LogP) is 1.45. The summed E-state index contributed by atoms with van der Waals surface area (Å²) in [4.78, 5) is 18.8. The number of piperazine rings is 1. The van der Waals surface area contributed by atoms with Crippen molar-refractivity contribution in [2.45, 2.75) is 6.92 Å². The topological polar surface area (TPSA) is 26.8 Å². The number of nitrogens with zero attached hydrogens (tertiary/aromatic N) is 3. The molecule has 0 aromatic heterocycles. The molecule has 1 aromatic carbocycles. The highest BCUT2D eigenvalue weighted by Gasteiger charge is 2.22. The van der Waals surface area contributed by atoms with Gasteiger partial charge >= 0.3 is 0 Å². The monoisotopic (exact) mass is 293 g/mol. The fourth-order valence-corrected chi connectivity index (χ4v) is 2.48. The Morgan fingerprint density at radius 1 is 1.24 bits per heavy atom. The van der Waals surface area contributed by atoms with Crippen LogP contribution in [0.3, 0.4) is 0 Å². The maximum Gasteiger partial charge on any atom is 0.253 e. The Kier molecular flexibility index (Phi) is 5.31. The smallest absolute Gasteiger partial charge is 0.253 e. The Hall–Kier alpha value is -1.46. The van der Waals surface area contributed by atoms with E-state index in [0.717, 1.165) is 39.3 Å². The first-order chi connectivity index (χ1) is 9.97. The van der Waals surface area contributed by atoms with Crippen LogP contribution in [0.2, 0.25) is 0 Å². The SMILES string of the molecule is Cc1cc(C(=O)N2CCN(CCN(C)C)CC2)ccc1F. The lowest BCUT2D eigenvalue weighted by atomic mass is 10.1. The number of aryl methyl sites for hydroxylation is 1. The van der Waals surface area contributed by atoms with Crippen LogP contribution < -0.4 is 0 Å². The van der Waals surface area contributed by atoms with Crippen LogP contribution in [-0.2, 0) is 0 Å². The maximum atomic E-state index is 13.3. The number of amides is 1. The van der Waals surface area contributed by atoms with E-state index in [9.17, 15) is 9.18 Å². The lowest BCUT2D eigenvalue weighted by Crippen LogP contribution is -2.50. The highest BCUT2D eigenvalue weighted by Crippen LogP contribution is 2.13. The van der Waals surface area contributed by atoms with Crippen LogP contribution in [0.4, 0.5) is 4.39 Å². The molecule has 1 fully saturated rings. The second kappa shape index (κ2) is 7.00. The van der Waals surface area contributed by atoms with Crippen molar-refractivity contribution in [1.82, 2.24) is 14.7 Å². The molecule has 21 heavy (non-hydrogen) atoms. The number of halogens is 1. The summed E-state index contributed by atoms with van der Waals surface area (Å²) in [5.41, 5.74) is 1.10. The molecule has 1 aliphatic rings. The van der Waals surface area contributed by atoms with Crippen LogP contribution >= 0.6 is 0 Å². The van der Waals surface area contributed by atoms with Gasteiger partial charge in [0.05, 0.1) is 0 Å². The number of carbonyl (C=O) groups excluding carboxylic acids is 1. The van der Waals surface area contributed by atoms with E-state index >= 15 is 0 Å². The highest BCUT2D eigenvalue weighted by molar-refractivity contribution is 5.94. The van der Waals surface area contributed by atoms with Gasteiger partial charge in [0.1, 0.15) is 5.82 Å². The van der Waals surface area contributed by atoms with Gasteiger partial charge in [-0.15, -0.1) is 0 Å². The number of rotatable bonds is 4. The summed E-state index contributed by atoms with van der Waals surface area (Å²) < 4.78 is 13.3. The lowest BCUT2D eigenvalue weighted by molar-refractivity contribution is 0.0629. The van der Waals surface area contributed by atoms with Crippen molar-refractivity contribution in [2.75, 3.05) is 53.4 Å². The van der Waals surface area contributed by atoms with Gasteiger partial charge in [-0.1, -0.05) is 0 Å². The predicted molar refractivity (Wildman–Crippen MR) is 82.0 cm³/mol. The average molecular weight is 293 g/mol. The van der Waals surface area contributed by atoms with E-state index in [4.69, 9.17) is 0 Å². The normalized spacial score (nSPS) is 16.5. The van der Waals surface area contributed by atoms with Crippen molar-refractivity contribution in [3.8, 4) is 0 Å². The van der Waals surface area contributed by atoms with Crippen LogP contribution in [-0.4, -0.2) is 74.0 Å². The molecule has 0 spiro atoms. The minimum absolute atomic E-state index is 0.00496. The Labute approximate surface area is 126 Å². The molecular formula is C16H24FN3O. The third-order valence-corrected chi connectivity index (χ3v) is 3.93. The first-order valence-corrected chi connectivity index (χ1v) is 7.40. The standard InChI is InChI=1S/C16H24FN3O/c1-13-12-14(4-5-15(13)17)16(21)20-10-8-19(9-11-20)7-6-18(2)3/h4-5,12H,6-11H2,1-3H3. The Balaban J connectivity index is 1.89. The molecule has 5 heteroatoms. The van der Waals surface area contributed by atoms with Crippen molar-refractivity contribution < 1.29 is 9.18 Å². The minimum atomic E-state index is -0.264. The van der Waals surface area contributed by atoms with Gasteiger partial charge in [0.15, 0.2) is 0 Å². The minimum Gasteiger partial charge on any atom is -0.336 e. The highest BCUT2D eigenvalue weighted by atomic mass is 19.1. The molecule has 1 aliphatic heterocycles. The fourth-order valence-electron chi connectivity index (χ4n) is 2.48. The first kappa shape index (κ1) is 15.9. The summed E-state index contributed by atoms with van der Waals surface area (Å²) in [5.74, 6) is -0.259. The molecule has 116 valence electrons. The van der Waals surface area contributed by atoms with Crippen LogP contribution in [0, 0.1) is 12.7 Å². The zero-order valence-electron chi connectivity index (χ0n) is 13.1. The summed E-state index contributed by atoms with van der Waals surface area (Å²) >= 11 is 0. The van der Waals surface area contributed by atoms with Crippen molar-refractivity contribution in [2.24, 2.45) is 0 Å². The largest absolute Gasteiger partial charge is 0.336 e. The molecule has 0 unspecified atom stereocenters. The second-order valence-electron chi connectivity index (χ2n) is 5.90. The second-order valence-corrected chi connectivity index (χ2v) is 5.90. The van der Waals surface area contributed by atoms with E-state index in [2.05, 4.69) is 23.9 Å². The Bertz CT molecular complexity index is 496. The molecule has 0 atom stereocenters. The summed E-state index contributed by atoms with van der Waals surface area (Å²) in [6.07, 6.45) is 0. The van der Waals surface area contributed by atoms with Crippen molar-refractivity contribution in [3.63, 3.8) is 0 Å². The van der Waals surface area contributed by atoms with Gasteiger partial charge < -0.3 is 9.80 Å². The van der Waals surface area contributed by atoms with Gasteiger partial charge in [-0.2, -0.15) is 0 Å². The summed E-state index contributed by atoms with van der Waals surface area (Å²) in [7, 11) is 4.13. The molecular weight excluding hydrogens is 269 g/mol. The van der Waals surface area contributed by atoms with Crippen molar-refractivity contribution in [3.05, 3.63) is 35.1 Å². The Morgan fingerprint density at radius 2 is 1.90 bits per heavy atom. The van der Waals surface area contributed by atoms with Gasteiger partial charge in [-0.05, 0) is 44.8 Å². The number of hydrogen-bond donors (Lipinski definition) is 0. The van der Waals surface area contributed by atoms with E-state index in [1.54, 1.807) is 19.1 Å². The molecule has 0 radical (unpaired) electrons. The number of carbonyl (C=O) groups is 1. The number of benzene rings is 1. The fraction of sp³-hybridized carbons (Fsp3) is 0.562. The van der Waals surface area contributed by atoms with E-state index in [-0.39, 0.29) is 11.7 Å². The third kappa shape index (κ3) is 4.25. The lowest BCUT2D eigenvalue weighted by Gasteiger charge is -2.35. The van der Waals surface area contributed by atoms with Crippen molar-refractivity contribution >= 4 is 5.91 Å². The quantitative estimate of drug-likeness (QED) is 0.841. The molecule has 0 bridgehead atoms. The van der Waals surface area contributed by atoms with Gasteiger partial charge in [-0.3, -0.25) is 9.69 Å². The molecule has 1 aromatic rings. The molecule has 0 aliphatic carbocycles. The van der Waals surface area contributed by atoms with Crippen LogP contribution in [0.25, 0.3) is 0 Å². The Morgan fingerprint density at radius 3 is 2.48 bits per heavy atom. The average Bonchev–Trinajstić information content (AvgIpc) is 2.48. The molecule has 0 saturated carbocycles. The van der Waals surface area contributed by atoms with Gasteiger partial charge in [0.25, 0.3) is 5.91 Å². The molecule has 1 heterocycles. The molecule has 0 N–H and O–H groups in total. The van der Waals surface area contributed by atoms with Crippen LogP contribution in [0.5, 0.6) is 0 Å². The van der Waals surface area contributed by atoms with E-state index in [1.807, 2.05) is 4.90 Å². The van der Waals surface area contributed by atoms with Crippen LogP contribution in [0.1, 0.15) is 15.9 Å². The summed E-state index contributed by atoms with van der Waals surface area (Å²) in [6, 6.07) is 4.58.